The summed E-state index contributed by atoms with van der Waals surface area (Å²) in [6.07, 6.45) is 5.63. The van der Waals surface area contributed by atoms with Crippen LogP contribution in [0.2, 0.25) is 0 Å². The van der Waals surface area contributed by atoms with Crippen molar-refractivity contribution in [1.82, 2.24) is 9.96 Å². The molecule has 1 fully saturated rings. The van der Waals surface area contributed by atoms with E-state index in [4.69, 9.17) is 4.84 Å². The number of carbonyl (C=O) groups is 1. The van der Waals surface area contributed by atoms with Crippen molar-refractivity contribution < 1.29 is 9.63 Å². The number of nitrogens with zero attached hydrogens (tertiary/aromatic N) is 2. The van der Waals surface area contributed by atoms with Gasteiger partial charge < -0.3 is 4.84 Å². The van der Waals surface area contributed by atoms with Crippen molar-refractivity contribution >= 4 is 5.97 Å². The molecule has 2 rings (SSSR count). The molecule has 0 saturated carbocycles. The minimum atomic E-state index is -0.433. The fraction of sp³-hybridized carbons (Fsp3) is 0.786. The summed E-state index contributed by atoms with van der Waals surface area (Å²) < 4.78 is 0. The molecule has 1 aliphatic carbocycles. The van der Waals surface area contributed by atoms with Crippen LogP contribution in [0.25, 0.3) is 0 Å². The number of hydrogen-bond donors (Lipinski definition) is 0. The predicted molar refractivity (Wildman–Crippen MR) is 70.8 cm³/mol. The molecule has 0 aromatic heterocycles. The molecule has 102 valence electrons. The third-order valence-electron chi connectivity index (χ3n) is 3.63. The van der Waals surface area contributed by atoms with Gasteiger partial charge in [0, 0.05) is 25.2 Å². The third-order valence-corrected chi connectivity index (χ3v) is 3.63. The first-order valence-electron chi connectivity index (χ1n) is 6.77. The molecule has 4 nitrogen and oxygen atoms in total. The Bertz CT molecular complexity index is 346. The van der Waals surface area contributed by atoms with Gasteiger partial charge in [0.25, 0.3) is 0 Å². The lowest BCUT2D eigenvalue weighted by Gasteiger charge is -2.44. The van der Waals surface area contributed by atoms with E-state index >= 15 is 0 Å². The normalized spacial score (nSPS) is 30.0. The molecule has 0 N–H and O–H groups in total. The van der Waals surface area contributed by atoms with Crippen LogP contribution in [0.5, 0.6) is 0 Å². The Hall–Kier alpha value is -0.870. The molecule has 0 amide bonds. The van der Waals surface area contributed by atoms with E-state index in [1.807, 2.05) is 25.8 Å². The van der Waals surface area contributed by atoms with E-state index < -0.39 is 5.41 Å². The first-order valence-corrected chi connectivity index (χ1v) is 6.77. The third kappa shape index (κ3) is 2.93. The van der Waals surface area contributed by atoms with Crippen molar-refractivity contribution in [2.75, 3.05) is 19.6 Å². The van der Waals surface area contributed by atoms with Crippen molar-refractivity contribution in [3.63, 3.8) is 0 Å². The molecule has 2 aliphatic rings. The lowest BCUT2D eigenvalue weighted by molar-refractivity contribution is -0.211. The van der Waals surface area contributed by atoms with Crippen LogP contribution in [0, 0.1) is 5.41 Å². The number of hydrogen-bond acceptors (Lipinski definition) is 4. The second-order valence-corrected chi connectivity index (χ2v) is 6.33. The van der Waals surface area contributed by atoms with Crippen molar-refractivity contribution in [1.29, 1.82) is 0 Å². The quantitative estimate of drug-likeness (QED) is 0.702. The molecular formula is C14H24N2O2. The largest absolute Gasteiger partial charge is 0.367 e. The first-order chi connectivity index (χ1) is 8.38. The van der Waals surface area contributed by atoms with Gasteiger partial charge in [0.1, 0.15) is 0 Å². The summed E-state index contributed by atoms with van der Waals surface area (Å²) in [5.41, 5.74) is -0.433. The molecule has 1 unspecified atom stereocenters. The minimum Gasteiger partial charge on any atom is -0.367 e. The highest BCUT2D eigenvalue weighted by Gasteiger charge is 2.33. The predicted octanol–water partition coefficient (Wildman–Crippen LogP) is 1.83. The zero-order valence-electron chi connectivity index (χ0n) is 11.8. The van der Waals surface area contributed by atoms with Crippen LogP contribution in [-0.4, -0.2) is 47.7 Å². The highest BCUT2D eigenvalue weighted by molar-refractivity contribution is 5.75. The summed E-state index contributed by atoms with van der Waals surface area (Å²) in [5.74, 6) is -0.147. The number of carbonyl (C=O) groups excluding carboxylic acids is 1. The van der Waals surface area contributed by atoms with Gasteiger partial charge in [0.15, 0.2) is 0 Å². The summed E-state index contributed by atoms with van der Waals surface area (Å²) in [4.78, 5) is 19.8. The van der Waals surface area contributed by atoms with Crippen molar-refractivity contribution in [2.24, 2.45) is 5.41 Å². The Balaban J connectivity index is 1.84. The maximum Gasteiger partial charge on any atom is 0.330 e. The van der Waals surface area contributed by atoms with Crippen LogP contribution >= 0.6 is 0 Å². The number of hydroxylamine groups is 2. The second kappa shape index (κ2) is 5.02. The molecule has 0 spiro atoms. The van der Waals surface area contributed by atoms with Gasteiger partial charge in [-0.15, -0.1) is 5.06 Å². The highest BCUT2D eigenvalue weighted by Crippen LogP contribution is 2.23. The molecule has 1 aliphatic heterocycles. The molecule has 18 heavy (non-hydrogen) atoms. The molecule has 1 saturated heterocycles. The van der Waals surface area contributed by atoms with Gasteiger partial charge in [-0.25, -0.2) is 4.79 Å². The maximum absolute atomic E-state index is 11.8. The Labute approximate surface area is 110 Å². The van der Waals surface area contributed by atoms with Crippen LogP contribution < -0.4 is 0 Å². The topological polar surface area (TPSA) is 32.8 Å². The highest BCUT2D eigenvalue weighted by atomic mass is 16.7. The molecule has 0 aromatic carbocycles. The minimum absolute atomic E-state index is 0.147. The smallest absolute Gasteiger partial charge is 0.330 e. The molecule has 4 heteroatoms. The van der Waals surface area contributed by atoms with Gasteiger partial charge in [0.05, 0.1) is 12.0 Å². The van der Waals surface area contributed by atoms with Crippen LogP contribution in [0.3, 0.4) is 0 Å². The molecule has 0 radical (unpaired) electrons. The Morgan fingerprint density at radius 3 is 2.44 bits per heavy atom. The lowest BCUT2D eigenvalue weighted by Crippen LogP contribution is -2.56. The Kier molecular flexibility index (Phi) is 3.78. The molecule has 0 aromatic rings. The summed E-state index contributed by atoms with van der Waals surface area (Å²) >= 11 is 0. The number of rotatable bonds is 2. The van der Waals surface area contributed by atoms with E-state index in [-0.39, 0.29) is 5.97 Å². The summed E-state index contributed by atoms with van der Waals surface area (Å²) in [7, 11) is 0. The van der Waals surface area contributed by atoms with E-state index in [0.717, 1.165) is 26.1 Å². The fourth-order valence-electron chi connectivity index (χ4n) is 2.27. The van der Waals surface area contributed by atoms with Crippen LogP contribution in [0.15, 0.2) is 12.2 Å². The fourth-order valence-corrected chi connectivity index (χ4v) is 2.27. The standard InChI is InChI=1S/C14H24N2O2/c1-11-10-15(18-13(17)14(2,3)4)8-9-16(11)12-6-5-7-12/h5-6,11-12H,7-10H2,1-4H3/t11-,12?/m0/s1. The molecule has 0 bridgehead atoms. The van der Waals surface area contributed by atoms with Gasteiger partial charge in [0.2, 0.25) is 0 Å². The molecule has 1 heterocycles. The average molecular weight is 252 g/mol. The van der Waals surface area contributed by atoms with Gasteiger partial charge in [-0.3, -0.25) is 4.90 Å². The van der Waals surface area contributed by atoms with E-state index in [1.54, 1.807) is 0 Å². The SMILES string of the molecule is C[C@H]1CN(OC(=O)C(C)(C)C)CCN1C1C=CC1. The maximum atomic E-state index is 11.8. The summed E-state index contributed by atoms with van der Waals surface area (Å²) in [6.45, 7) is 10.4. The van der Waals surface area contributed by atoms with E-state index in [0.29, 0.717) is 12.1 Å². The van der Waals surface area contributed by atoms with Crippen LogP contribution in [-0.2, 0) is 9.63 Å². The van der Waals surface area contributed by atoms with Crippen molar-refractivity contribution in [3.05, 3.63) is 12.2 Å². The lowest BCUT2D eigenvalue weighted by atomic mass is 9.97. The Morgan fingerprint density at radius 2 is 2.00 bits per heavy atom. The van der Waals surface area contributed by atoms with E-state index in [2.05, 4.69) is 24.0 Å². The van der Waals surface area contributed by atoms with Gasteiger partial charge in [-0.05, 0) is 34.1 Å². The molecular weight excluding hydrogens is 228 g/mol. The second-order valence-electron chi connectivity index (χ2n) is 6.33. The van der Waals surface area contributed by atoms with E-state index in [1.165, 1.54) is 0 Å². The van der Waals surface area contributed by atoms with Crippen molar-refractivity contribution in [2.45, 2.75) is 46.2 Å². The van der Waals surface area contributed by atoms with Crippen LogP contribution in [0.1, 0.15) is 34.1 Å². The summed E-state index contributed by atoms with van der Waals surface area (Å²) in [6, 6.07) is 1.03. The first kappa shape index (κ1) is 13.6. The zero-order chi connectivity index (χ0) is 13.3. The van der Waals surface area contributed by atoms with Gasteiger partial charge in [-0.1, -0.05) is 12.2 Å². The van der Waals surface area contributed by atoms with Crippen molar-refractivity contribution in [3.8, 4) is 0 Å². The summed E-state index contributed by atoms with van der Waals surface area (Å²) in [5, 5.41) is 1.82. The molecule has 2 atom stereocenters. The van der Waals surface area contributed by atoms with Gasteiger partial charge >= 0.3 is 5.97 Å². The average Bonchev–Trinajstić information content (AvgIpc) is 2.17. The van der Waals surface area contributed by atoms with Crippen LogP contribution in [0.4, 0.5) is 0 Å². The van der Waals surface area contributed by atoms with E-state index in [9.17, 15) is 4.79 Å². The van der Waals surface area contributed by atoms with Gasteiger partial charge in [-0.2, -0.15) is 0 Å². The monoisotopic (exact) mass is 252 g/mol. The Morgan fingerprint density at radius 1 is 1.33 bits per heavy atom. The number of piperazine rings is 1. The zero-order valence-corrected chi connectivity index (χ0v) is 11.8.